The lowest BCUT2D eigenvalue weighted by Crippen LogP contribution is -2.20. The predicted molar refractivity (Wildman–Crippen MR) is 141 cm³/mol. The van der Waals surface area contributed by atoms with Crippen LogP contribution in [0.5, 0.6) is 11.5 Å². The molecule has 0 radical (unpaired) electrons. The van der Waals surface area contributed by atoms with E-state index in [0.29, 0.717) is 35.0 Å². The van der Waals surface area contributed by atoms with Gasteiger partial charge >= 0.3 is 0 Å². The van der Waals surface area contributed by atoms with Gasteiger partial charge < -0.3 is 19.5 Å². The summed E-state index contributed by atoms with van der Waals surface area (Å²) >= 11 is 3.63. The van der Waals surface area contributed by atoms with Gasteiger partial charge in [0.05, 0.1) is 19.4 Å². The third-order valence-corrected chi connectivity index (χ3v) is 7.29. The molecule has 0 bridgehead atoms. The van der Waals surface area contributed by atoms with E-state index in [0.717, 1.165) is 15.7 Å². The minimum Gasteiger partial charge on any atom is -0.494 e. The lowest BCUT2D eigenvalue weighted by atomic mass is 10.1. The van der Waals surface area contributed by atoms with Crippen LogP contribution in [0.1, 0.15) is 24.8 Å². The van der Waals surface area contributed by atoms with Crippen LogP contribution in [0.2, 0.25) is 0 Å². The molecule has 2 unspecified atom stereocenters. The standard InChI is InChI=1S/C24H25FIN3O3S/c1-4-32-16-8-5-14(6-9-16)17-12-21(17)33-28-23-20(31-3)13-22(30)29(2)24(23)27-19-10-7-15(26)11-18(19)25/h5-11,13,17,21,27-28H,4,12H2,1-3H3. The van der Waals surface area contributed by atoms with E-state index in [-0.39, 0.29) is 11.2 Å². The number of hydrogen-bond acceptors (Lipinski definition) is 6. The smallest absolute Gasteiger partial charge is 0.255 e. The first kappa shape index (κ1) is 23.7. The van der Waals surface area contributed by atoms with Crippen molar-refractivity contribution >= 4 is 51.7 Å². The zero-order valence-corrected chi connectivity index (χ0v) is 21.5. The number of aromatic nitrogens is 1. The average Bonchev–Trinajstić information content (AvgIpc) is 3.58. The molecule has 1 aromatic heterocycles. The van der Waals surface area contributed by atoms with Crippen molar-refractivity contribution in [3.8, 4) is 11.5 Å². The third kappa shape index (κ3) is 5.40. The molecular formula is C24H25FIN3O3S. The van der Waals surface area contributed by atoms with E-state index in [1.54, 1.807) is 31.1 Å². The summed E-state index contributed by atoms with van der Waals surface area (Å²) in [5.41, 5.74) is 1.89. The van der Waals surface area contributed by atoms with Crippen LogP contribution in [-0.4, -0.2) is 23.5 Å². The molecule has 1 aliphatic rings. The Labute approximate surface area is 210 Å². The number of nitrogens with one attached hydrogen (secondary N) is 2. The largest absolute Gasteiger partial charge is 0.494 e. The highest BCUT2D eigenvalue weighted by Gasteiger charge is 2.39. The third-order valence-electron chi connectivity index (χ3n) is 5.47. The normalized spacial score (nSPS) is 16.9. The molecule has 1 heterocycles. The van der Waals surface area contributed by atoms with Gasteiger partial charge in [0.1, 0.15) is 23.1 Å². The Kier molecular flexibility index (Phi) is 7.38. The van der Waals surface area contributed by atoms with Crippen molar-refractivity contribution in [1.82, 2.24) is 4.57 Å². The summed E-state index contributed by atoms with van der Waals surface area (Å²) in [4.78, 5) is 12.5. The Morgan fingerprint density at radius 1 is 1.21 bits per heavy atom. The maximum atomic E-state index is 14.5. The number of benzene rings is 2. The van der Waals surface area contributed by atoms with Crippen LogP contribution >= 0.6 is 34.5 Å². The van der Waals surface area contributed by atoms with Crippen molar-refractivity contribution in [2.45, 2.75) is 24.5 Å². The quantitative estimate of drug-likeness (QED) is 0.243. The maximum Gasteiger partial charge on any atom is 0.255 e. The lowest BCUT2D eigenvalue weighted by molar-refractivity contribution is 0.340. The highest BCUT2D eigenvalue weighted by Crippen LogP contribution is 2.50. The van der Waals surface area contributed by atoms with Gasteiger partial charge in [0, 0.05) is 21.9 Å². The molecule has 2 atom stereocenters. The number of methoxy groups -OCH3 is 1. The fourth-order valence-electron chi connectivity index (χ4n) is 3.57. The monoisotopic (exact) mass is 581 g/mol. The van der Waals surface area contributed by atoms with E-state index in [9.17, 15) is 9.18 Å². The minimum absolute atomic E-state index is 0.255. The summed E-state index contributed by atoms with van der Waals surface area (Å²) in [6.45, 7) is 2.62. The number of halogens is 2. The first-order valence-electron chi connectivity index (χ1n) is 10.6. The summed E-state index contributed by atoms with van der Waals surface area (Å²) in [6.07, 6.45) is 1.04. The molecule has 0 aliphatic heterocycles. The second-order valence-electron chi connectivity index (χ2n) is 7.69. The summed E-state index contributed by atoms with van der Waals surface area (Å²) < 4.78 is 31.1. The Morgan fingerprint density at radius 2 is 1.97 bits per heavy atom. The zero-order chi connectivity index (χ0) is 23.5. The number of pyridine rings is 1. The van der Waals surface area contributed by atoms with Gasteiger partial charge in [-0.1, -0.05) is 12.1 Å². The summed E-state index contributed by atoms with van der Waals surface area (Å²) in [7, 11) is 3.16. The van der Waals surface area contributed by atoms with E-state index in [2.05, 4.69) is 44.8 Å². The van der Waals surface area contributed by atoms with E-state index < -0.39 is 5.82 Å². The number of ether oxygens (including phenoxy) is 2. The van der Waals surface area contributed by atoms with Gasteiger partial charge in [-0.15, -0.1) is 0 Å². The number of anilines is 3. The van der Waals surface area contributed by atoms with Crippen LogP contribution in [-0.2, 0) is 7.05 Å². The average molecular weight is 581 g/mol. The van der Waals surface area contributed by atoms with Crippen molar-refractivity contribution in [1.29, 1.82) is 0 Å². The van der Waals surface area contributed by atoms with Gasteiger partial charge in [-0.2, -0.15) is 0 Å². The first-order valence-corrected chi connectivity index (χ1v) is 12.5. The SMILES string of the molecule is CCOc1ccc(C2CC2SNc2c(OC)cc(=O)n(C)c2Nc2ccc(I)cc2F)cc1. The molecule has 0 amide bonds. The highest BCUT2D eigenvalue weighted by molar-refractivity contribution is 14.1. The van der Waals surface area contributed by atoms with Crippen LogP contribution < -0.4 is 25.1 Å². The summed E-state index contributed by atoms with van der Waals surface area (Å²) in [6, 6.07) is 14.5. The van der Waals surface area contributed by atoms with Crippen molar-refractivity contribution in [3.05, 3.63) is 73.8 Å². The Morgan fingerprint density at radius 3 is 2.64 bits per heavy atom. The van der Waals surface area contributed by atoms with Crippen molar-refractivity contribution in [3.63, 3.8) is 0 Å². The van der Waals surface area contributed by atoms with E-state index >= 15 is 0 Å². The van der Waals surface area contributed by atoms with Crippen LogP contribution in [0.15, 0.2) is 53.3 Å². The molecule has 0 spiro atoms. The van der Waals surface area contributed by atoms with E-state index in [4.69, 9.17) is 9.47 Å². The Balaban J connectivity index is 1.53. The van der Waals surface area contributed by atoms with Crippen molar-refractivity contribution in [2.75, 3.05) is 23.8 Å². The summed E-state index contributed by atoms with van der Waals surface area (Å²) in [5.74, 6) is 1.75. The number of hydrogen-bond donors (Lipinski definition) is 2. The highest BCUT2D eigenvalue weighted by atomic mass is 127. The molecule has 2 N–H and O–H groups in total. The molecule has 33 heavy (non-hydrogen) atoms. The fraction of sp³-hybridized carbons (Fsp3) is 0.292. The Hall–Kier alpha value is -2.40. The lowest BCUT2D eigenvalue weighted by Gasteiger charge is -2.19. The van der Waals surface area contributed by atoms with Crippen LogP contribution in [0.25, 0.3) is 0 Å². The van der Waals surface area contributed by atoms with Crippen LogP contribution in [0.4, 0.5) is 21.6 Å². The number of rotatable bonds is 9. The summed E-state index contributed by atoms with van der Waals surface area (Å²) in [5, 5.41) is 3.44. The van der Waals surface area contributed by atoms with Crippen molar-refractivity contribution < 1.29 is 13.9 Å². The molecule has 3 aromatic rings. The Bertz CT molecular complexity index is 1200. The van der Waals surface area contributed by atoms with Gasteiger partial charge in [-0.25, -0.2) is 4.39 Å². The van der Waals surface area contributed by atoms with Crippen LogP contribution in [0, 0.1) is 9.39 Å². The molecule has 2 aromatic carbocycles. The molecule has 0 saturated heterocycles. The second-order valence-corrected chi connectivity index (χ2v) is 9.98. The fourth-order valence-corrected chi connectivity index (χ4v) is 5.11. The maximum absolute atomic E-state index is 14.5. The predicted octanol–water partition coefficient (Wildman–Crippen LogP) is 5.90. The molecule has 1 fully saturated rings. The topological polar surface area (TPSA) is 64.5 Å². The molecule has 6 nitrogen and oxygen atoms in total. The minimum atomic E-state index is -0.395. The molecule has 9 heteroatoms. The zero-order valence-electron chi connectivity index (χ0n) is 18.5. The molecule has 1 aliphatic carbocycles. The van der Waals surface area contributed by atoms with Crippen LogP contribution in [0.3, 0.4) is 0 Å². The van der Waals surface area contributed by atoms with E-state index in [1.807, 2.05) is 19.1 Å². The molecule has 4 rings (SSSR count). The molecule has 1 saturated carbocycles. The van der Waals surface area contributed by atoms with Gasteiger partial charge in [0.15, 0.2) is 5.75 Å². The number of nitrogens with zero attached hydrogens (tertiary/aromatic N) is 1. The van der Waals surface area contributed by atoms with E-state index in [1.165, 1.54) is 29.4 Å². The van der Waals surface area contributed by atoms with Crippen molar-refractivity contribution in [2.24, 2.45) is 7.05 Å². The first-order chi connectivity index (χ1) is 15.9. The molecule has 174 valence electrons. The van der Waals surface area contributed by atoms with Gasteiger partial charge in [-0.3, -0.25) is 9.36 Å². The van der Waals surface area contributed by atoms with Gasteiger partial charge in [-0.05, 0) is 89.7 Å². The van der Waals surface area contributed by atoms with Gasteiger partial charge in [0.25, 0.3) is 5.56 Å². The second kappa shape index (κ2) is 10.3. The van der Waals surface area contributed by atoms with Gasteiger partial charge in [0.2, 0.25) is 0 Å². The molecular weight excluding hydrogens is 556 g/mol.